The standard InChI is InChI=1S/C10H13N3O/c11-6-8-1-3-13-7-9(2-4-14)12-10(13)5-8/h1,3,5,7,14H,2,4,6,11H2. The molecule has 3 N–H and O–H groups in total. The maximum absolute atomic E-state index is 8.78. The van der Waals surface area contributed by atoms with Crippen LogP contribution < -0.4 is 5.73 Å². The third-order valence-corrected chi connectivity index (χ3v) is 2.18. The van der Waals surface area contributed by atoms with Gasteiger partial charge >= 0.3 is 0 Å². The van der Waals surface area contributed by atoms with Crippen molar-refractivity contribution in [2.45, 2.75) is 13.0 Å². The average molecular weight is 191 g/mol. The summed E-state index contributed by atoms with van der Waals surface area (Å²) < 4.78 is 1.93. The number of hydrogen-bond donors (Lipinski definition) is 2. The van der Waals surface area contributed by atoms with Crippen molar-refractivity contribution in [1.82, 2.24) is 9.38 Å². The van der Waals surface area contributed by atoms with E-state index in [-0.39, 0.29) is 6.61 Å². The number of fused-ring (bicyclic) bond motifs is 1. The molecule has 0 saturated heterocycles. The molecule has 0 bridgehead atoms. The molecule has 2 aromatic rings. The zero-order chi connectivity index (χ0) is 9.97. The van der Waals surface area contributed by atoms with Crippen molar-refractivity contribution in [2.24, 2.45) is 5.73 Å². The molecule has 74 valence electrons. The van der Waals surface area contributed by atoms with Crippen LogP contribution in [-0.2, 0) is 13.0 Å². The second kappa shape index (κ2) is 3.77. The quantitative estimate of drug-likeness (QED) is 0.734. The maximum Gasteiger partial charge on any atom is 0.137 e. The lowest BCUT2D eigenvalue weighted by Crippen LogP contribution is -1.96. The zero-order valence-electron chi connectivity index (χ0n) is 7.85. The molecule has 2 aromatic heterocycles. The van der Waals surface area contributed by atoms with Crippen LogP contribution in [0.1, 0.15) is 11.3 Å². The molecule has 0 aliphatic carbocycles. The Kier molecular flexibility index (Phi) is 2.47. The van der Waals surface area contributed by atoms with Crippen molar-refractivity contribution in [3.05, 3.63) is 35.8 Å². The van der Waals surface area contributed by atoms with Crippen LogP contribution in [0.15, 0.2) is 24.5 Å². The van der Waals surface area contributed by atoms with E-state index < -0.39 is 0 Å². The predicted octanol–water partition coefficient (Wildman–Crippen LogP) is 0.328. The van der Waals surface area contributed by atoms with Gasteiger partial charge in [-0.3, -0.25) is 0 Å². The Bertz CT molecular complexity index is 436. The number of aliphatic hydroxyl groups excluding tert-OH is 1. The molecule has 0 amide bonds. The van der Waals surface area contributed by atoms with Crippen LogP contribution in [0.25, 0.3) is 5.65 Å². The van der Waals surface area contributed by atoms with E-state index in [0.717, 1.165) is 16.9 Å². The van der Waals surface area contributed by atoms with Gasteiger partial charge in [-0.25, -0.2) is 4.98 Å². The molecule has 0 spiro atoms. The summed E-state index contributed by atoms with van der Waals surface area (Å²) in [5, 5.41) is 8.78. The van der Waals surface area contributed by atoms with Gasteiger partial charge in [-0.2, -0.15) is 0 Å². The first-order valence-electron chi connectivity index (χ1n) is 4.61. The number of imidazole rings is 1. The number of hydrogen-bond acceptors (Lipinski definition) is 3. The topological polar surface area (TPSA) is 63.5 Å². The van der Waals surface area contributed by atoms with Crippen molar-refractivity contribution in [1.29, 1.82) is 0 Å². The zero-order valence-corrected chi connectivity index (χ0v) is 7.85. The summed E-state index contributed by atoms with van der Waals surface area (Å²) in [6.45, 7) is 0.659. The first-order valence-corrected chi connectivity index (χ1v) is 4.61. The summed E-state index contributed by atoms with van der Waals surface area (Å²) in [5.41, 5.74) is 8.39. The van der Waals surface area contributed by atoms with E-state index in [9.17, 15) is 0 Å². The Hall–Kier alpha value is -1.39. The van der Waals surface area contributed by atoms with Crippen molar-refractivity contribution < 1.29 is 5.11 Å². The van der Waals surface area contributed by atoms with Crippen LogP contribution in [0.2, 0.25) is 0 Å². The van der Waals surface area contributed by atoms with E-state index in [1.165, 1.54) is 0 Å². The van der Waals surface area contributed by atoms with E-state index in [4.69, 9.17) is 10.8 Å². The Labute approximate surface area is 82.0 Å². The molecule has 14 heavy (non-hydrogen) atoms. The largest absolute Gasteiger partial charge is 0.396 e. The van der Waals surface area contributed by atoms with Crippen molar-refractivity contribution >= 4 is 5.65 Å². The van der Waals surface area contributed by atoms with Gasteiger partial charge in [0.05, 0.1) is 5.69 Å². The van der Waals surface area contributed by atoms with Crippen LogP contribution in [0.4, 0.5) is 0 Å². The second-order valence-corrected chi connectivity index (χ2v) is 3.21. The van der Waals surface area contributed by atoms with Crippen molar-refractivity contribution in [3.63, 3.8) is 0 Å². The monoisotopic (exact) mass is 191 g/mol. The highest BCUT2D eigenvalue weighted by Crippen LogP contribution is 2.08. The molecule has 2 rings (SSSR count). The van der Waals surface area contributed by atoms with Crippen LogP contribution in [0, 0.1) is 0 Å². The van der Waals surface area contributed by atoms with Crippen molar-refractivity contribution in [2.75, 3.05) is 6.61 Å². The number of nitrogens with zero attached hydrogens (tertiary/aromatic N) is 2. The highest BCUT2D eigenvalue weighted by Gasteiger charge is 2.01. The Morgan fingerprint density at radius 2 is 2.36 bits per heavy atom. The van der Waals surface area contributed by atoms with E-state index in [1.54, 1.807) is 0 Å². The van der Waals surface area contributed by atoms with Gasteiger partial charge in [0.25, 0.3) is 0 Å². The second-order valence-electron chi connectivity index (χ2n) is 3.21. The Morgan fingerprint density at radius 1 is 1.50 bits per heavy atom. The SMILES string of the molecule is NCc1ccn2cc(CCO)nc2c1. The molecule has 4 heteroatoms. The summed E-state index contributed by atoms with van der Waals surface area (Å²) in [6, 6.07) is 3.93. The van der Waals surface area contributed by atoms with Gasteiger partial charge in [0, 0.05) is 32.0 Å². The van der Waals surface area contributed by atoms with Crippen LogP contribution in [0.3, 0.4) is 0 Å². The summed E-state index contributed by atoms with van der Waals surface area (Å²) in [6.07, 6.45) is 4.46. The van der Waals surface area contributed by atoms with Crippen molar-refractivity contribution in [3.8, 4) is 0 Å². The summed E-state index contributed by atoms with van der Waals surface area (Å²) in [4.78, 5) is 4.36. The van der Waals surface area contributed by atoms with Gasteiger partial charge in [-0.15, -0.1) is 0 Å². The molecular weight excluding hydrogens is 178 g/mol. The number of pyridine rings is 1. The fourth-order valence-electron chi connectivity index (χ4n) is 1.44. The van der Waals surface area contributed by atoms with E-state index in [1.807, 2.05) is 28.9 Å². The minimum Gasteiger partial charge on any atom is -0.396 e. The lowest BCUT2D eigenvalue weighted by atomic mass is 10.3. The lowest BCUT2D eigenvalue weighted by Gasteiger charge is -1.96. The predicted molar refractivity (Wildman–Crippen MR) is 53.9 cm³/mol. The van der Waals surface area contributed by atoms with Gasteiger partial charge < -0.3 is 15.2 Å². The van der Waals surface area contributed by atoms with Gasteiger partial charge in [0.15, 0.2) is 0 Å². The van der Waals surface area contributed by atoms with Crippen LogP contribution in [-0.4, -0.2) is 21.1 Å². The third kappa shape index (κ3) is 1.62. The lowest BCUT2D eigenvalue weighted by molar-refractivity contribution is 0.298. The molecule has 0 radical (unpaired) electrons. The number of rotatable bonds is 3. The fourth-order valence-corrected chi connectivity index (χ4v) is 1.44. The number of nitrogens with two attached hydrogens (primary N) is 1. The molecule has 0 aromatic carbocycles. The molecular formula is C10H13N3O. The first kappa shape index (κ1) is 9.18. The highest BCUT2D eigenvalue weighted by molar-refractivity contribution is 5.42. The van der Waals surface area contributed by atoms with Crippen LogP contribution >= 0.6 is 0 Å². The molecule has 4 nitrogen and oxygen atoms in total. The van der Waals surface area contributed by atoms with Gasteiger partial charge in [-0.05, 0) is 17.7 Å². The molecule has 0 atom stereocenters. The molecule has 0 aliphatic rings. The van der Waals surface area contributed by atoms with E-state index >= 15 is 0 Å². The van der Waals surface area contributed by atoms with E-state index in [2.05, 4.69) is 4.98 Å². The Morgan fingerprint density at radius 3 is 3.07 bits per heavy atom. The molecule has 2 heterocycles. The third-order valence-electron chi connectivity index (χ3n) is 2.18. The normalized spacial score (nSPS) is 11.0. The fraction of sp³-hybridized carbons (Fsp3) is 0.300. The minimum absolute atomic E-state index is 0.133. The Balaban J connectivity index is 2.43. The van der Waals surface area contributed by atoms with Gasteiger partial charge in [0.2, 0.25) is 0 Å². The molecule has 0 aliphatic heterocycles. The number of aromatic nitrogens is 2. The summed E-state index contributed by atoms with van der Waals surface area (Å²) in [7, 11) is 0. The van der Waals surface area contributed by atoms with E-state index in [0.29, 0.717) is 13.0 Å². The molecule has 0 fully saturated rings. The average Bonchev–Trinajstić information content (AvgIpc) is 2.59. The maximum atomic E-state index is 8.78. The van der Waals surface area contributed by atoms with Gasteiger partial charge in [-0.1, -0.05) is 0 Å². The number of aliphatic hydroxyl groups is 1. The van der Waals surface area contributed by atoms with Gasteiger partial charge in [0.1, 0.15) is 5.65 Å². The van der Waals surface area contributed by atoms with Crippen LogP contribution in [0.5, 0.6) is 0 Å². The molecule has 0 unspecified atom stereocenters. The summed E-state index contributed by atoms with van der Waals surface area (Å²) in [5.74, 6) is 0. The highest BCUT2D eigenvalue weighted by atomic mass is 16.3. The summed E-state index contributed by atoms with van der Waals surface area (Å²) >= 11 is 0. The molecule has 0 saturated carbocycles. The minimum atomic E-state index is 0.133. The first-order chi connectivity index (χ1) is 6.83. The smallest absolute Gasteiger partial charge is 0.137 e.